The molecule has 2 heterocycles. The van der Waals surface area contributed by atoms with Crippen molar-refractivity contribution in [1.82, 2.24) is 20.0 Å². The second-order valence-corrected chi connectivity index (χ2v) is 10.4. The number of primary amides is 1. The van der Waals surface area contributed by atoms with E-state index in [0.29, 0.717) is 5.56 Å². The number of carbonyl (C=O) groups is 3. The summed E-state index contributed by atoms with van der Waals surface area (Å²) in [4.78, 5) is 57.8. The molecule has 5 N–H and O–H groups in total. The second kappa shape index (κ2) is 10.0. The summed E-state index contributed by atoms with van der Waals surface area (Å²) in [5, 5.41) is 6.35. The first-order valence-corrected chi connectivity index (χ1v) is 12.8. The minimum Gasteiger partial charge on any atom is -0.364 e. The predicted octanol–water partition coefficient (Wildman–Crippen LogP) is 0.641. The summed E-state index contributed by atoms with van der Waals surface area (Å²) in [5.41, 5.74) is 5.83. The standard InChI is InChI=1S/C23H24F2N5O6P/c1-12-3-2-4-13(20(12)25)9-27-23(33)18-7-14(24)10-29(18)19(31)11-30-17-8-15(37(34,35)36)5-6-16(17)21(28-30)22(26)32/h2-6,8,14,18H,7,9-11H2,1H3,(H2,26,32)(H,27,33)(H2,34,35,36)/t14-,18+/m1/s1. The van der Waals surface area contributed by atoms with Crippen LogP contribution in [0.2, 0.25) is 0 Å². The lowest BCUT2D eigenvalue weighted by Gasteiger charge is -2.24. The second-order valence-electron chi connectivity index (χ2n) is 8.78. The van der Waals surface area contributed by atoms with Gasteiger partial charge in [0, 0.05) is 23.9 Å². The van der Waals surface area contributed by atoms with Crippen molar-refractivity contribution in [3.05, 3.63) is 59.0 Å². The lowest BCUT2D eigenvalue weighted by atomic mass is 10.1. The Balaban J connectivity index is 1.57. The SMILES string of the molecule is Cc1cccc(CNC(=O)[C@@H]2C[C@@H](F)CN2C(=O)Cn2nc(C(N)=O)c3ccc(P(=O)(O)O)cc32)c1F. The first kappa shape index (κ1) is 26.4. The van der Waals surface area contributed by atoms with Gasteiger partial charge in [0.2, 0.25) is 11.8 Å². The number of benzene rings is 2. The van der Waals surface area contributed by atoms with Crippen molar-refractivity contribution in [2.45, 2.75) is 38.6 Å². The summed E-state index contributed by atoms with van der Waals surface area (Å²) in [6.45, 7) is 0.499. The van der Waals surface area contributed by atoms with E-state index < -0.39 is 49.9 Å². The molecule has 0 unspecified atom stereocenters. The number of hydrogen-bond donors (Lipinski definition) is 4. The van der Waals surface area contributed by atoms with Crippen molar-refractivity contribution in [1.29, 1.82) is 0 Å². The molecule has 14 heteroatoms. The molecule has 4 rings (SSSR count). The number of rotatable bonds is 7. The van der Waals surface area contributed by atoms with Gasteiger partial charge in [0.1, 0.15) is 24.6 Å². The Morgan fingerprint density at radius 2 is 1.97 bits per heavy atom. The highest BCUT2D eigenvalue weighted by molar-refractivity contribution is 7.60. The maximum Gasteiger partial charge on any atom is 0.356 e. The number of halogens is 2. The first-order valence-electron chi connectivity index (χ1n) is 11.2. The molecule has 37 heavy (non-hydrogen) atoms. The van der Waals surface area contributed by atoms with E-state index in [0.717, 1.165) is 21.7 Å². The fraction of sp³-hybridized carbons (Fsp3) is 0.304. The summed E-state index contributed by atoms with van der Waals surface area (Å²) in [5.74, 6) is -2.79. The van der Waals surface area contributed by atoms with Crippen molar-refractivity contribution in [2.24, 2.45) is 5.73 Å². The molecule has 3 aromatic rings. The number of likely N-dealkylation sites (tertiary alicyclic amines) is 1. The number of nitrogens with zero attached hydrogens (tertiary/aromatic N) is 3. The van der Waals surface area contributed by atoms with E-state index in [1.165, 1.54) is 12.1 Å². The lowest BCUT2D eigenvalue weighted by Crippen LogP contribution is -2.46. The molecule has 0 spiro atoms. The maximum atomic E-state index is 14.3. The van der Waals surface area contributed by atoms with E-state index in [1.807, 2.05) is 0 Å². The van der Waals surface area contributed by atoms with Crippen molar-refractivity contribution in [2.75, 3.05) is 6.54 Å². The molecule has 2 aromatic carbocycles. The highest BCUT2D eigenvalue weighted by Gasteiger charge is 2.40. The van der Waals surface area contributed by atoms with Gasteiger partial charge in [0.15, 0.2) is 5.69 Å². The van der Waals surface area contributed by atoms with Crippen LogP contribution in [0.4, 0.5) is 8.78 Å². The fourth-order valence-electron chi connectivity index (χ4n) is 4.32. The van der Waals surface area contributed by atoms with Crippen molar-refractivity contribution in [3.63, 3.8) is 0 Å². The van der Waals surface area contributed by atoms with Gasteiger partial charge in [-0.05, 0) is 30.7 Å². The van der Waals surface area contributed by atoms with Crippen LogP contribution in [0.15, 0.2) is 36.4 Å². The van der Waals surface area contributed by atoms with E-state index in [9.17, 15) is 37.5 Å². The van der Waals surface area contributed by atoms with Gasteiger partial charge in [0.25, 0.3) is 5.91 Å². The summed E-state index contributed by atoms with van der Waals surface area (Å²) in [6.07, 6.45) is -1.74. The topological polar surface area (TPSA) is 168 Å². The Labute approximate surface area is 209 Å². The van der Waals surface area contributed by atoms with Crippen LogP contribution in [0.5, 0.6) is 0 Å². The Morgan fingerprint density at radius 1 is 1.24 bits per heavy atom. The largest absolute Gasteiger partial charge is 0.364 e. The van der Waals surface area contributed by atoms with E-state index in [-0.39, 0.29) is 47.0 Å². The van der Waals surface area contributed by atoms with Crippen molar-refractivity contribution < 1.29 is 37.5 Å². The number of aromatic nitrogens is 2. The Morgan fingerprint density at radius 3 is 2.65 bits per heavy atom. The summed E-state index contributed by atoms with van der Waals surface area (Å²) in [6, 6.07) is 7.01. The van der Waals surface area contributed by atoms with Gasteiger partial charge < -0.3 is 25.7 Å². The normalized spacial score (nSPS) is 17.8. The quantitative estimate of drug-likeness (QED) is 0.322. The van der Waals surface area contributed by atoms with Crippen molar-refractivity contribution >= 4 is 41.5 Å². The molecule has 0 bridgehead atoms. The molecule has 0 saturated carbocycles. The number of aryl methyl sites for hydroxylation is 1. The third-order valence-electron chi connectivity index (χ3n) is 6.19. The summed E-state index contributed by atoms with van der Waals surface area (Å²) >= 11 is 0. The summed E-state index contributed by atoms with van der Waals surface area (Å²) in [7, 11) is -4.66. The number of alkyl halides is 1. The highest BCUT2D eigenvalue weighted by Crippen LogP contribution is 2.34. The predicted molar refractivity (Wildman–Crippen MR) is 128 cm³/mol. The lowest BCUT2D eigenvalue weighted by molar-refractivity contribution is -0.139. The molecule has 2 atom stereocenters. The zero-order chi connectivity index (χ0) is 27.1. The smallest absolute Gasteiger partial charge is 0.356 e. The molecule has 3 amide bonds. The number of fused-ring (bicyclic) bond motifs is 1. The molecule has 0 aliphatic carbocycles. The zero-order valence-electron chi connectivity index (χ0n) is 19.6. The Kier molecular flexibility index (Phi) is 7.13. The molecule has 196 valence electrons. The van der Waals surface area contributed by atoms with E-state index in [4.69, 9.17) is 5.73 Å². The van der Waals surface area contributed by atoms with Crippen LogP contribution >= 0.6 is 7.60 Å². The molecule has 1 saturated heterocycles. The van der Waals surface area contributed by atoms with Gasteiger partial charge in [-0.15, -0.1) is 0 Å². The molecule has 11 nitrogen and oxygen atoms in total. The zero-order valence-corrected chi connectivity index (χ0v) is 20.5. The van der Waals surface area contributed by atoms with Crippen LogP contribution in [-0.2, 0) is 27.2 Å². The van der Waals surface area contributed by atoms with Crippen LogP contribution in [0.1, 0.15) is 28.0 Å². The van der Waals surface area contributed by atoms with Crippen LogP contribution in [0, 0.1) is 12.7 Å². The highest BCUT2D eigenvalue weighted by atomic mass is 31.2. The minimum absolute atomic E-state index is 0.0508. The van der Waals surface area contributed by atoms with Gasteiger partial charge in [-0.3, -0.25) is 23.6 Å². The average molecular weight is 535 g/mol. The van der Waals surface area contributed by atoms with E-state index >= 15 is 0 Å². The van der Waals surface area contributed by atoms with Crippen LogP contribution < -0.4 is 16.4 Å². The minimum atomic E-state index is -4.66. The van der Waals surface area contributed by atoms with Crippen molar-refractivity contribution in [3.8, 4) is 0 Å². The molecular weight excluding hydrogens is 511 g/mol. The maximum absolute atomic E-state index is 14.3. The van der Waals surface area contributed by atoms with Gasteiger partial charge in [-0.2, -0.15) is 5.10 Å². The van der Waals surface area contributed by atoms with Crippen LogP contribution in [-0.4, -0.2) is 60.9 Å². The first-order chi connectivity index (χ1) is 17.4. The number of carbonyl (C=O) groups excluding carboxylic acids is 3. The van der Waals surface area contributed by atoms with Crippen LogP contribution in [0.3, 0.4) is 0 Å². The fourth-order valence-corrected chi connectivity index (χ4v) is 4.88. The molecule has 1 aliphatic heterocycles. The molecule has 1 aliphatic rings. The monoisotopic (exact) mass is 535 g/mol. The van der Waals surface area contributed by atoms with Gasteiger partial charge >= 0.3 is 7.60 Å². The third kappa shape index (κ3) is 5.38. The number of amides is 3. The molecule has 1 fully saturated rings. The third-order valence-corrected chi connectivity index (χ3v) is 7.14. The van der Waals surface area contributed by atoms with E-state index in [1.54, 1.807) is 19.1 Å². The number of nitrogens with one attached hydrogen (secondary N) is 1. The van der Waals surface area contributed by atoms with Gasteiger partial charge in [-0.1, -0.05) is 18.2 Å². The summed E-state index contributed by atoms with van der Waals surface area (Å²) < 4.78 is 41.3. The molecule has 0 radical (unpaired) electrons. The Hall–Kier alpha value is -3.67. The Bertz CT molecular complexity index is 1450. The van der Waals surface area contributed by atoms with Gasteiger partial charge in [-0.25, -0.2) is 8.78 Å². The molecular formula is C23H24F2N5O6P. The van der Waals surface area contributed by atoms with Crippen LogP contribution in [0.25, 0.3) is 10.9 Å². The average Bonchev–Trinajstić information content (AvgIpc) is 3.40. The molecule has 1 aromatic heterocycles. The van der Waals surface area contributed by atoms with Gasteiger partial charge in [0.05, 0.1) is 17.4 Å². The number of hydrogen-bond acceptors (Lipinski definition) is 5. The van der Waals surface area contributed by atoms with E-state index in [2.05, 4.69) is 10.4 Å². The number of nitrogens with two attached hydrogens (primary N) is 1.